The standard InChI is InChI=1S/C15H20N6OS2/c1-5-8(2)6-10-9(3)24-14-12(10)13(22)16-11(17-14)7-23-15-18-19-20-21(15)4/h8H,5-7H2,1-4H3,(H,16,17,22)/t8-/m1/s1. The van der Waals surface area contributed by atoms with Gasteiger partial charge in [-0.25, -0.2) is 9.67 Å². The monoisotopic (exact) mass is 364 g/mol. The summed E-state index contributed by atoms with van der Waals surface area (Å²) < 4.78 is 1.60. The van der Waals surface area contributed by atoms with E-state index >= 15 is 0 Å². The van der Waals surface area contributed by atoms with Crippen molar-refractivity contribution in [1.82, 2.24) is 30.2 Å². The van der Waals surface area contributed by atoms with Crippen molar-refractivity contribution in [3.63, 3.8) is 0 Å². The Labute approximate surface area is 147 Å². The Morgan fingerprint density at radius 1 is 1.42 bits per heavy atom. The first kappa shape index (κ1) is 17.1. The van der Waals surface area contributed by atoms with Crippen LogP contribution in [0.25, 0.3) is 10.2 Å². The molecule has 0 spiro atoms. The van der Waals surface area contributed by atoms with Crippen LogP contribution in [0.4, 0.5) is 0 Å². The molecule has 9 heteroatoms. The molecule has 1 atom stereocenters. The van der Waals surface area contributed by atoms with E-state index in [2.05, 4.69) is 46.3 Å². The van der Waals surface area contributed by atoms with Gasteiger partial charge in [-0.1, -0.05) is 32.0 Å². The molecule has 3 heterocycles. The van der Waals surface area contributed by atoms with Crippen LogP contribution in [0.15, 0.2) is 9.95 Å². The SMILES string of the molecule is CC[C@@H](C)Cc1c(C)sc2nc(CSc3nnnn3C)[nH]c(=O)c12. The molecule has 24 heavy (non-hydrogen) atoms. The average molecular weight is 365 g/mol. The zero-order valence-electron chi connectivity index (χ0n) is 14.2. The number of rotatable bonds is 6. The summed E-state index contributed by atoms with van der Waals surface area (Å²) in [7, 11) is 1.78. The molecule has 1 N–H and O–H groups in total. The van der Waals surface area contributed by atoms with E-state index in [1.807, 2.05) is 0 Å². The number of nitrogens with zero attached hydrogens (tertiary/aromatic N) is 5. The molecule has 0 amide bonds. The van der Waals surface area contributed by atoms with Gasteiger partial charge in [0.1, 0.15) is 10.7 Å². The Balaban J connectivity index is 1.90. The van der Waals surface area contributed by atoms with Gasteiger partial charge >= 0.3 is 0 Å². The number of tetrazole rings is 1. The van der Waals surface area contributed by atoms with E-state index < -0.39 is 0 Å². The predicted molar refractivity (Wildman–Crippen MR) is 96.5 cm³/mol. The predicted octanol–water partition coefficient (Wildman–Crippen LogP) is 2.70. The second kappa shape index (κ2) is 7.02. The van der Waals surface area contributed by atoms with Gasteiger partial charge in [0.15, 0.2) is 0 Å². The molecule has 0 aliphatic heterocycles. The Morgan fingerprint density at radius 3 is 2.88 bits per heavy atom. The summed E-state index contributed by atoms with van der Waals surface area (Å²) in [6.07, 6.45) is 2.02. The summed E-state index contributed by atoms with van der Waals surface area (Å²) in [6.45, 7) is 6.46. The van der Waals surface area contributed by atoms with Gasteiger partial charge in [-0.2, -0.15) is 0 Å². The maximum Gasteiger partial charge on any atom is 0.259 e. The molecular formula is C15H20N6OS2. The molecule has 0 aliphatic rings. The number of aromatic nitrogens is 6. The van der Waals surface area contributed by atoms with Crippen LogP contribution in [0, 0.1) is 12.8 Å². The van der Waals surface area contributed by atoms with Gasteiger partial charge in [0.25, 0.3) is 5.56 Å². The average Bonchev–Trinajstić information content (AvgIpc) is 3.09. The minimum atomic E-state index is -0.0469. The Morgan fingerprint density at radius 2 is 2.21 bits per heavy atom. The van der Waals surface area contributed by atoms with Crippen LogP contribution >= 0.6 is 23.1 Å². The molecule has 128 valence electrons. The van der Waals surface area contributed by atoms with Gasteiger partial charge in [-0.15, -0.1) is 16.4 Å². The molecule has 7 nitrogen and oxygen atoms in total. The molecule has 0 saturated heterocycles. The summed E-state index contributed by atoms with van der Waals surface area (Å²) in [4.78, 5) is 22.2. The fourth-order valence-corrected chi connectivity index (χ4v) is 4.30. The molecule has 0 fully saturated rings. The lowest BCUT2D eigenvalue weighted by atomic mass is 9.98. The van der Waals surface area contributed by atoms with Crippen molar-refractivity contribution >= 4 is 33.3 Å². The number of fused-ring (bicyclic) bond motifs is 1. The maximum absolute atomic E-state index is 12.6. The largest absolute Gasteiger partial charge is 0.309 e. The van der Waals surface area contributed by atoms with E-state index in [4.69, 9.17) is 0 Å². The number of hydrogen-bond donors (Lipinski definition) is 1. The van der Waals surface area contributed by atoms with Gasteiger partial charge in [0.05, 0.1) is 11.1 Å². The molecule has 0 radical (unpaired) electrons. The first-order valence-corrected chi connectivity index (χ1v) is 9.66. The summed E-state index contributed by atoms with van der Waals surface area (Å²) in [6, 6.07) is 0. The van der Waals surface area contributed by atoms with Crippen LogP contribution in [0.2, 0.25) is 0 Å². The summed E-state index contributed by atoms with van der Waals surface area (Å²) in [5, 5.41) is 12.8. The third-order valence-electron chi connectivity index (χ3n) is 4.08. The Kier molecular flexibility index (Phi) is 5.00. The third-order valence-corrected chi connectivity index (χ3v) is 6.14. The highest BCUT2D eigenvalue weighted by Gasteiger charge is 2.17. The first-order chi connectivity index (χ1) is 11.5. The fraction of sp³-hybridized carbons (Fsp3) is 0.533. The number of nitrogens with one attached hydrogen (secondary N) is 1. The van der Waals surface area contributed by atoms with E-state index in [-0.39, 0.29) is 5.56 Å². The van der Waals surface area contributed by atoms with Crippen LogP contribution in [-0.2, 0) is 19.2 Å². The molecule has 3 rings (SSSR count). The normalized spacial score (nSPS) is 12.8. The summed E-state index contributed by atoms with van der Waals surface area (Å²) in [5.41, 5.74) is 1.10. The van der Waals surface area contributed by atoms with Crippen molar-refractivity contribution in [2.45, 2.75) is 44.5 Å². The topological polar surface area (TPSA) is 89.3 Å². The molecule has 0 saturated carbocycles. The lowest BCUT2D eigenvalue weighted by molar-refractivity contribution is 0.561. The van der Waals surface area contributed by atoms with Crippen molar-refractivity contribution in [3.05, 3.63) is 26.6 Å². The van der Waals surface area contributed by atoms with Crippen LogP contribution in [0.5, 0.6) is 0 Å². The molecule has 0 aliphatic carbocycles. The quantitative estimate of drug-likeness (QED) is 0.677. The highest BCUT2D eigenvalue weighted by atomic mass is 32.2. The smallest absolute Gasteiger partial charge is 0.259 e. The van der Waals surface area contributed by atoms with Gasteiger partial charge in [0, 0.05) is 11.9 Å². The zero-order chi connectivity index (χ0) is 17.3. The second-order valence-corrected chi connectivity index (χ2v) is 8.07. The highest BCUT2D eigenvalue weighted by Crippen LogP contribution is 2.30. The van der Waals surface area contributed by atoms with Crippen molar-refractivity contribution in [3.8, 4) is 0 Å². The summed E-state index contributed by atoms with van der Waals surface area (Å²) in [5.74, 6) is 1.73. The molecule has 3 aromatic rings. The van der Waals surface area contributed by atoms with Gasteiger partial charge in [0.2, 0.25) is 5.16 Å². The zero-order valence-corrected chi connectivity index (χ0v) is 15.8. The number of H-pyrrole nitrogens is 1. The van der Waals surface area contributed by atoms with Crippen molar-refractivity contribution in [2.75, 3.05) is 0 Å². The Hall–Kier alpha value is -1.74. The van der Waals surface area contributed by atoms with Gasteiger partial charge in [-0.05, 0) is 35.3 Å². The first-order valence-electron chi connectivity index (χ1n) is 7.85. The van der Waals surface area contributed by atoms with E-state index in [9.17, 15) is 4.79 Å². The lowest BCUT2D eigenvalue weighted by Gasteiger charge is -2.08. The number of thiophene rings is 1. The van der Waals surface area contributed by atoms with E-state index in [0.717, 1.165) is 28.6 Å². The van der Waals surface area contributed by atoms with Crippen LogP contribution in [0.3, 0.4) is 0 Å². The van der Waals surface area contributed by atoms with E-state index in [1.165, 1.54) is 16.6 Å². The summed E-state index contributed by atoms with van der Waals surface area (Å²) >= 11 is 3.05. The minimum Gasteiger partial charge on any atom is -0.309 e. The van der Waals surface area contributed by atoms with Gasteiger partial charge in [-0.3, -0.25) is 4.79 Å². The molecule has 0 bridgehead atoms. The minimum absolute atomic E-state index is 0.0469. The number of aromatic amines is 1. The molecular weight excluding hydrogens is 344 g/mol. The van der Waals surface area contributed by atoms with Gasteiger partial charge < -0.3 is 4.98 Å². The molecule has 3 aromatic heterocycles. The number of hydrogen-bond acceptors (Lipinski definition) is 7. The number of thioether (sulfide) groups is 1. The number of aryl methyl sites for hydroxylation is 2. The van der Waals surface area contributed by atoms with E-state index in [1.54, 1.807) is 23.1 Å². The molecule has 0 unspecified atom stereocenters. The fourth-order valence-electron chi connectivity index (χ4n) is 2.50. The highest BCUT2D eigenvalue weighted by molar-refractivity contribution is 7.98. The second-order valence-electron chi connectivity index (χ2n) is 5.92. The van der Waals surface area contributed by atoms with Crippen molar-refractivity contribution in [2.24, 2.45) is 13.0 Å². The van der Waals surface area contributed by atoms with Crippen molar-refractivity contribution in [1.29, 1.82) is 0 Å². The van der Waals surface area contributed by atoms with Crippen LogP contribution in [0.1, 0.15) is 36.5 Å². The maximum atomic E-state index is 12.6. The van der Waals surface area contributed by atoms with E-state index in [0.29, 0.717) is 22.7 Å². The third kappa shape index (κ3) is 3.36. The molecule has 0 aromatic carbocycles. The van der Waals surface area contributed by atoms with Crippen molar-refractivity contribution < 1.29 is 0 Å². The lowest BCUT2D eigenvalue weighted by Crippen LogP contribution is -2.12. The van der Waals surface area contributed by atoms with Crippen LogP contribution in [-0.4, -0.2) is 30.2 Å². The Bertz CT molecular complexity index is 912. The van der Waals surface area contributed by atoms with Crippen LogP contribution < -0.4 is 5.56 Å².